The monoisotopic (exact) mass is 314 g/mol. The molecule has 0 amide bonds. The van der Waals surface area contributed by atoms with Gasteiger partial charge in [0.25, 0.3) is 0 Å². The van der Waals surface area contributed by atoms with E-state index in [2.05, 4.69) is 24.0 Å². The molecule has 1 aromatic carbocycles. The number of hydrogen-bond donors (Lipinski definition) is 0. The maximum Gasteiger partial charge on any atom is 0.226 e. The highest BCUT2D eigenvalue weighted by atomic mass is 16.5. The number of oxazole rings is 1. The normalized spacial score (nSPS) is 19.2. The Morgan fingerprint density at radius 2 is 2.09 bits per heavy atom. The van der Waals surface area contributed by atoms with Crippen molar-refractivity contribution in [2.75, 3.05) is 20.3 Å². The van der Waals surface area contributed by atoms with Gasteiger partial charge < -0.3 is 9.15 Å². The van der Waals surface area contributed by atoms with E-state index in [4.69, 9.17) is 14.1 Å². The molecule has 1 aliphatic heterocycles. The number of nitrogens with zero attached hydrogens (tertiary/aromatic N) is 2. The number of likely N-dealkylation sites (tertiary alicyclic amines) is 1. The summed E-state index contributed by atoms with van der Waals surface area (Å²) in [5.41, 5.74) is 3.32. The molecule has 4 heteroatoms. The Labute approximate surface area is 138 Å². The van der Waals surface area contributed by atoms with Crippen molar-refractivity contribution >= 4 is 0 Å². The molecule has 124 valence electrons. The smallest absolute Gasteiger partial charge is 0.226 e. The van der Waals surface area contributed by atoms with Crippen LogP contribution in [0.25, 0.3) is 11.5 Å². The number of methoxy groups -OCH3 is 1. The van der Waals surface area contributed by atoms with E-state index in [9.17, 15) is 0 Å². The second-order valence-corrected chi connectivity index (χ2v) is 6.41. The molecule has 0 N–H and O–H groups in total. The van der Waals surface area contributed by atoms with Crippen LogP contribution in [0, 0.1) is 13.8 Å². The molecule has 2 heterocycles. The van der Waals surface area contributed by atoms with Crippen LogP contribution in [0.5, 0.6) is 0 Å². The summed E-state index contributed by atoms with van der Waals surface area (Å²) in [4.78, 5) is 7.27. The van der Waals surface area contributed by atoms with Gasteiger partial charge in [-0.3, -0.25) is 4.90 Å². The summed E-state index contributed by atoms with van der Waals surface area (Å²) in [6.07, 6.45) is 3.74. The summed E-state index contributed by atoms with van der Waals surface area (Å²) in [5.74, 6) is 1.65. The fourth-order valence-corrected chi connectivity index (χ4v) is 3.34. The molecule has 1 aromatic heterocycles. The van der Waals surface area contributed by atoms with E-state index in [-0.39, 0.29) is 0 Å². The summed E-state index contributed by atoms with van der Waals surface area (Å²) >= 11 is 0. The van der Waals surface area contributed by atoms with Crippen LogP contribution in [0.4, 0.5) is 0 Å². The van der Waals surface area contributed by atoms with Crippen LogP contribution < -0.4 is 0 Å². The van der Waals surface area contributed by atoms with Crippen molar-refractivity contribution in [1.82, 2.24) is 9.88 Å². The van der Waals surface area contributed by atoms with Crippen molar-refractivity contribution in [3.05, 3.63) is 41.3 Å². The van der Waals surface area contributed by atoms with Gasteiger partial charge >= 0.3 is 0 Å². The van der Waals surface area contributed by atoms with E-state index in [0.717, 1.165) is 42.6 Å². The van der Waals surface area contributed by atoms with Crippen molar-refractivity contribution in [3.8, 4) is 11.5 Å². The number of piperidine rings is 1. The van der Waals surface area contributed by atoms with Crippen LogP contribution in [0.1, 0.15) is 36.3 Å². The molecule has 0 spiro atoms. The number of aromatic nitrogens is 1. The van der Waals surface area contributed by atoms with Gasteiger partial charge in [-0.15, -0.1) is 0 Å². The zero-order valence-electron chi connectivity index (χ0n) is 14.3. The molecular weight excluding hydrogens is 288 g/mol. The summed E-state index contributed by atoms with van der Waals surface area (Å²) in [7, 11) is 1.78. The average molecular weight is 314 g/mol. The first-order chi connectivity index (χ1) is 11.2. The number of rotatable bonds is 5. The molecule has 0 radical (unpaired) electrons. The molecule has 1 aliphatic rings. The van der Waals surface area contributed by atoms with Crippen LogP contribution in [-0.2, 0) is 11.3 Å². The molecule has 0 bridgehead atoms. The molecular formula is C19H26N2O2. The van der Waals surface area contributed by atoms with Crippen LogP contribution in [0.3, 0.4) is 0 Å². The van der Waals surface area contributed by atoms with Gasteiger partial charge in [-0.05, 0) is 44.9 Å². The molecule has 1 atom stereocenters. The SMILES string of the molecule is COC[C@H]1CCCCN1Cc1nc(-c2ccccc2C)oc1C. The van der Waals surface area contributed by atoms with Crippen molar-refractivity contribution in [2.24, 2.45) is 0 Å². The summed E-state index contributed by atoms with van der Waals surface area (Å²) < 4.78 is 11.3. The van der Waals surface area contributed by atoms with Crippen LogP contribution in [0.2, 0.25) is 0 Å². The van der Waals surface area contributed by atoms with E-state index in [1.165, 1.54) is 24.8 Å². The zero-order valence-corrected chi connectivity index (χ0v) is 14.3. The van der Waals surface area contributed by atoms with Gasteiger partial charge in [-0.2, -0.15) is 0 Å². The van der Waals surface area contributed by atoms with Crippen molar-refractivity contribution in [2.45, 2.75) is 45.7 Å². The molecule has 23 heavy (non-hydrogen) atoms. The van der Waals surface area contributed by atoms with Gasteiger partial charge in [0.1, 0.15) is 5.76 Å². The Hall–Kier alpha value is -1.65. The van der Waals surface area contributed by atoms with Crippen LogP contribution in [-0.4, -0.2) is 36.2 Å². The van der Waals surface area contributed by atoms with E-state index in [1.54, 1.807) is 7.11 Å². The highest BCUT2D eigenvalue weighted by Gasteiger charge is 2.24. The molecule has 0 saturated carbocycles. The van der Waals surface area contributed by atoms with Gasteiger partial charge in [0.05, 0.1) is 12.3 Å². The topological polar surface area (TPSA) is 38.5 Å². The number of benzene rings is 1. The fraction of sp³-hybridized carbons (Fsp3) is 0.526. The predicted octanol–water partition coefficient (Wildman–Crippen LogP) is 3.96. The number of hydrogen-bond acceptors (Lipinski definition) is 4. The minimum atomic E-state index is 0.492. The lowest BCUT2D eigenvalue weighted by molar-refractivity contribution is 0.0590. The van der Waals surface area contributed by atoms with Gasteiger partial charge in [0.15, 0.2) is 0 Å². The van der Waals surface area contributed by atoms with Gasteiger partial charge in [0, 0.05) is 25.3 Å². The largest absolute Gasteiger partial charge is 0.441 e. The third-order valence-electron chi connectivity index (χ3n) is 4.73. The second-order valence-electron chi connectivity index (χ2n) is 6.41. The molecule has 4 nitrogen and oxygen atoms in total. The van der Waals surface area contributed by atoms with Gasteiger partial charge in [-0.25, -0.2) is 4.98 Å². The maximum atomic E-state index is 5.95. The first-order valence-corrected chi connectivity index (χ1v) is 8.44. The number of ether oxygens (including phenoxy) is 1. The van der Waals surface area contributed by atoms with E-state index >= 15 is 0 Å². The lowest BCUT2D eigenvalue weighted by atomic mass is 10.0. The van der Waals surface area contributed by atoms with E-state index in [1.807, 2.05) is 19.1 Å². The average Bonchev–Trinajstić information content (AvgIpc) is 2.91. The van der Waals surface area contributed by atoms with Crippen molar-refractivity contribution in [1.29, 1.82) is 0 Å². The van der Waals surface area contributed by atoms with Gasteiger partial charge in [0.2, 0.25) is 5.89 Å². The summed E-state index contributed by atoms with van der Waals surface area (Å²) in [6, 6.07) is 8.72. The Kier molecular flexibility index (Phi) is 5.13. The van der Waals surface area contributed by atoms with E-state index in [0.29, 0.717) is 6.04 Å². The number of aryl methyl sites for hydroxylation is 2. The maximum absolute atomic E-state index is 5.95. The standard InChI is InChI=1S/C19H26N2O2/c1-14-8-4-5-10-17(14)19-20-18(15(2)23-19)12-21-11-7-6-9-16(21)13-22-3/h4-5,8,10,16H,6-7,9,11-13H2,1-3H3/t16-/m1/s1. The van der Waals surface area contributed by atoms with Crippen molar-refractivity contribution < 1.29 is 9.15 Å². The molecule has 3 rings (SSSR count). The fourth-order valence-electron chi connectivity index (χ4n) is 3.34. The van der Waals surface area contributed by atoms with Crippen LogP contribution >= 0.6 is 0 Å². The first kappa shape index (κ1) is 16.2. The molecule has 0 unspecified atom stereocenters. The Morgan fingerprint density at radius 1 is 1.26 bits per heavy atom. The highest BCUT2D eigenvalue weighted by Crippen LogP contribution is 2.27. The molecule has 0 aliphatic carbocycles. The Morgan fingerprint density at radius 3 is 2.87 bits per heavy atom. The van der Waals surface area contributed by atoms with Gasteiger partial charge in [-0.1, -0.05) is 24.6 Å². The first-order valence-electron chi connectivity index (χ1n) is 8.44. The predicted molar refractivity (Wildman–Crippen MR) is 91.3 cm³/mol. The summed E-state index contributed by atoms with van der Waals surface area (Å²) in [6.45, 7) is 6.85. The molecule has 2 aromatic rings. The Bertz CT molecular complexity index is 649. The molecule has 1 fully saturated rings. The third kappa shape index (κ3) is 3.65. The van der Waals surface area contributed by atoms with Crippen molar-refractivity contribution in [3.63, 3.8) is 0 Å². The van der Waals surface area contributed by atoms with Crippen LogP contribution in [0.15, 0.2) is 28.7 Å². The quantitative estimate of drug-likeness (QED) is 0.837. The lowest BCUT2D eigenvalue weighted by Gasteiger charge is -2.34. The highest BCUT2D eigenvalue weighted by molar-refractivity contribution is 5.58. The third-order valence-corrected chi connectivity index (χ3v) is 4.73. The minimum absolute atomic E-state index is 0.492. The molecule has 1 saturated heterocycles. The summed E-state index contributed by atoms with van der Waals surface area (Å²) in [5, 5.41) is 0. The minimum Gasteiger partial charge on any atom is -0.441 e. The second kappa shape index (κ2) is 7.28. The van der Waals surface area contributed by atoms with E-state index < -0.39 is 0 Å². The Balaban J connectivity index is 1.80. The zero-order chi connectivity index (χ0) is 16.2. The lowest BCUT2D eigenvalue weighted by Crippen LogP contribution is -2.41.